The molecule has 0 saturated carbocycles. The van der Waals surface area contributed by atoms with E-state index in [9.17, 15) is 4.39 Å². The average molecular weight is 254 g/mol. The zero-order valence-corrected chi connectivity index (χ0v) is 11.1. The lowest BCUT2D eigenvalue weighted by Gasteiger charge is -2.14. The molecule has 0 amide bonds. The van der Waals surface area contributed by atoms with Gasteiger partial charge in [-0.05, 0) is 30.4 Å². The van der Waals surface area contributed by atoms with Crippen LogP contribution in [-0.2, 0) is 12.8 Å². The Labute approximate surface area is 114 Å². The SMILES string of the molecule is C=C(F)C(CCc1ccccc1)Cc1ccccc1. The second-order valence-electron chi connectivity index (χ2n) is 4.86. The normalized spacial score (nSPS) is 12.1. The molecule has 2 aromatic carbocycles. The van der Waals surface area contributed by atoms with E-state index in [4.69, 9.17) is 0 Å². The average Bonchev–Trinajstić information content (AvgIpc) is 2.45. The Morgan fingerprint density at radius 2 is 1.42 bits per heavy atom. The Kier molecular flexibility index (Phi) is 4.91. The quantitative estimate of drug-likeness (QED) is 0.683. The van der Waals surface area contributed by atoms with Crippen LogP contribution in [-0.4, -0.2) is 0 Å². The van der Waals surface area contributed by atoms with Crippen LogP contribution in [0.15, 0.2) is 73.1 Å². The molecule has 0 aliphatic carbocycles. The summed E-state index contributed by atoms with van der Waals surface area (Å²) in [6.45, 7) is 3.50. The van der Waals surface area contributed by atoms with Crippen molar-refractivity contribution < 1.29 is 4.39 Å². The van der Waals surface area contributed by atoms with Gasteiger partial charge in [0.15, 0.2) is 0 Å². The molecular weight excluding hydrogens is 235 g/mol. The molecule has 0 fully saturated rings. The zero-order chi connectivity index (χ0) is 13.5. The second-order valence-corrected chi connectivity index (χ2v) is 4.86. The van der Waals surface area contributed by atoms with Gasteiger partial charge >= 0.3 is 0 Å². The van der Waals surface area contributed by atoms with Crippen molar-refractivity contribution in [2.24, 2.45) is 5.92 Å². The summed E-state index contributed by atoms with van der Waals surface area (Å²) in [5.74, 6) is -0.303. The van der Waals surface area contributed by atoms with Crippen molar-refractivity contribution in [2.45, 2.75) is 19.3 Å². The molecule has 2 aromatic rings. The van der Waals surface area contributed by atoms with Gasteiger partial charge in [0.2, 0.25) is 0 Å². The zero-order valence-electron chi connectivity index (χ0n) is 11.1. The van der Waals surface area contributed by atoms with E-state index < -0.39 is 0 Å². The van der Waals surface area contributed by atoms with Gasteiger partial charge in [0.25, 0.3) is 0 Å². The van der Waals surface area contributed by atoms with Crippen molar-refractivity contribution in [1.29, 1.82) is 0 Å². The summed E-state index contributed by atoms with van der Waals surface area (Å²) >= 11 is 0. The summed E-state index contributed by atoms with van der Waals surface area (Å²) in [5, 5.41) is 0. The van der Waals surface area contributed by atoms with Crippen molar-refractivity contribution in [2.75, 3.05) is 0 Å². The molecule has 0 N–H and O–H groups in total. The molecule has 1 atom stereocenters. The van der Waals surface area contributed by atoms with Crippen LogP contribution in [0, 0.1) is 5.92 Å². The highest BCUT2D eigenvalue weighted by Crippen LogP contribution is 2.22. The van der Waals surface area contributed by atoms with E-state index in [1.165, 1.54) is 11.1 Å². The van der Waals surface area contributed by atoms with Crippen LogP contribution < -0.4 is 0 Å². The molecule has 0 aromatic heterocycles. The lowest BCUT2D eigenvalue weighted by molar-refractivity contribution is 0.440. The Morgan fingerprint density at radius 3 is 1.95 bits per heavy atom. The van der Waals surface area contributed by atoms with Gasteiger partial charge in [0.05, 0.1) is 5.83 Å². The summed E-state index contributed by atoms with van der Waals surface area (Å²) in [7, 11) is 0. The number of halogens is 1. The van der Waals surface area contributed by atoms with Crippen LogP contribution in [0.5, 0.6) is 0 Å². The monoisotopic (exact) mass is 254 g/mol. The highest BCUT2D eigenvalue weighted by Gasteiger charge is 2.13. The maximum atomic E-state index is 13.6. The van der Waals surface area contributed by atoms with E-state index in [0.29, 0.717) is 0 Å². The Hall–Kier alpha value is -1.89. The third-order valence-electron chi connectivity index (χ3n) is 3.39. The lowest BCUT2D eigenvalue weighted by atomic mass is 9.92. The summed E-state index contributed by atoms with van der Waals surface area (Å²) < 4.78 is 13.6. The predicted octanol–water partition coefficient (Wildman–Crippen LogP) is 4.96. The van der Waals surface area contributed by atoms with Crippen LogP contribution in [0.1, 0.15) is 17.5 Å². The predicted molar refractivity (Wildman–Crippen MR) is 78.6 cm³/mol. The van der Waals surface area contributed by atoms with Crippen LogP contribution in [0.2, 0.25) is 0 Å². The maximum Gasteiger partial charge on any atom is 0.0962 e. The Balaban J connectivity index is 1.95. The molecule has 19 heavy (non-hydrogen) atoms. The van der Waals surface area contributed by atoms with Gasteiger partial charge < -0.3 is 0 Å². The van der Waals surface area contributed by atoms with E-state index in [0.717, 1.165) is 19.3 Å². The first kappa shape index (κ1) is 13.5. The van der Waals surface area contributed by atoms with Gasteiger partial charge in [-0.15, -0.1) is 0 Å². The Morgan fingerprint density at radius 1 is 0.895 bits per heavy atom. The fraction of sp³-hybridized carbons (Fsp3) is 0.222. The number of benzene rings is 2. The van der Waals surface area contributed by atoms with Gasteiger partial charge in [-0.3, -0.25) is 0 Å². The van der Waals surface area contributed by atoms with Crippen molar-refractivity contribution in [3.63, 3.8) is 0 Å². The number of hydrogen-bond acceptors (Lipinski definition) is 0. The molecule has 0 heterocycles. The topological polar surface area (TPSA) is 0 Å². The largest absolute Gasteiger partial charge is 0.212 e. The number of hydrogen-bond donors (Lipinski definition) is 0. The van der Waals surface area contributed by atoms with E-state index in [2.05, 4.69) is 18.7 Å². The third-order valence-corrected chi connectivity index (χ3v) is 3.39. The van der Waals surface area contributed by atoms with Gasteiger partial charge in [0.1, 0.15) is 0 Å². The van der Waals surface area contributed by atoms with Crippen molar-refractivity contribution >= 4 is 0 Å². The summed E-state index contributed by atoms with van der Waals surface area (Å²) in [5.41, 5.74) is 2.42. The maximum absolute atomic E-state index is 13.6. The molecule has 1 unspecified atom stereocenters. The minimum atomic E-state index is -0.209. The van der Waals surface area contributed by atoms with Crippen molar-refractivity contribution in [1.82, 2.24) is 0 Å². The number of rotatable bonds is 6. The van der Waals surface area contributed by atoms with Crippen molar-refractivity contribution in [3.05, 3.63) is 84.2 Å². The molecular formula is C18H19F. The molecule has 0 nitrogen and oxygen atoms in total. The van der Waals surface area contributed by atoms with E-state index in [-0.39, 0.29) is 11.7 Å². The third kappa shape index (κ3) is 4.36. The summed E-state index contributed by atoms with van der Waals surface area (Å²) in [6.07, 6.45) is 2.42. The van der Waals surface area contributed by atoms with E-state index in [1.54, 1.807) is 0 Å². The van der Waals surface area contributed by atoms with Gasteiger partial charge in [-0.2, -0.15) is 0 Å². The molecule has 0 spiro atoms. The molecule has 2 rings (SSSR count). The first-order valence-electron chi connectivity index (χ1n) is 6.68. The number of allylic oxidation sites excluding steroid dienone is 1. The standard InChI is InChI=1S/C18H19F/c1-15(19)18(14-17-10-6-3-7-11-17)13-12-16-8-4-2-5-9-16/h2-11,18H,1,12-14H2. The van der Waals surface area contributed by atoms with Crippen LogP contribution in [0.3, 0.4) is 0 Å². The van der Waals surface area contributed by atoms with Crippen molar-refractivity contribution in [3.8, 4) is 0 Å². The molecule has 1 heteroatoms. The second kappa shape index (κ2) is 6.89. The van der Waals surface area contributed by atoms with Gasteiger partial charge in [-0.1, -0.05) is 67.2 Å². The smallest absolute Gasteiger partial charge is 0.0962 e. The lowest BCUT2D eigenvalue weighted by Crippen LogP contribution is -2.06. The summed E-state index contributed by atoms with van der Waals surface area (Å²) in [4.78, 5) is 0. The molecule has 0 aliphatic heterocycles. The fourth-order valence-corrected chi connectivity index (χ4v) is 2.25. The van der Waals surface area contributed by atoms with Gasteiger partial charge in [-0.25, -0.2) is 4.39 Å². The number of aryl methyl sites for hydroxylation is 1. The minimum Gasteiger partial charge on any atom is -0.212 e. The fourth-order valence-electron chi connectivity index (χ4n) is 2.25. The molecule has 0 saturated heterocycles. The highest BCUT2D eigenvalue weighted by atomic mass is 19.1. The summed E-state index contributed by atoms with van der Waals surface area (Å²) in [6, 6.07) is 20.2. The van der Waals surface area contributed by atoms with Crippen LogP contribution >= 0.6 is 0 Å². The first-order chi connectivity index (χ1) is 9.25. The molecule has 98 valence electrons. The minimum absolute atomic E-state index is 0.0948. The highest BCUT2D eigenvalue weighted by molar-refractivity contribution is 5.18. The Bertz CT molecular complexity index is 502. The van der Waals surface area contributed by atoms with E-state index in [1.807, 2.05) is 48.5 Å². The molecule has 0 bridgehead atoms. The molecule has 0 aliphatic rings. The van der Waals surface area contributed by atoms with Crippen LogP contribution in [0.25, 0.3) is 0 Å². The van der Waals surface area contributed by atoms with Gasteiger partial charge in [0, 0.05) is 5.92 Å². The van der Waals surface area contributed by atoms with Crippen LogP contribution in [0.4, 0.5) is 4.39 Å². The molecule has 0 radical (unpaired) electrons. The first-order valence-corrected chi connectivity index (χ1v) is 6.68. The van der Waals surface area contributed by atoms with E-state index >= 15 is 0 Å².